The summed E-state index contributed by atoms with van der Waals surface area (Å²) in [7, 11) is 0. The Morgan fingerprint density at radius 2 is 2.22 bits per heavy atom. The minimum absolute atomic E-state index is 0.0385. The molecule has 3 nitrogen and oxygen atoms in total. The molecule has 0 bridgehead atoms. The van der Waals surface area contributed by atoms with Crippen LogP contribution in [-0.2, 0) is 4.79 Å². The van der Waals surface area contributed by atoms with Crippen LogP contribution in [0, 0.1) is 5.82 Å². The van der Waals surface area contributed by atoms with Gasteiger partial charge < -0.3 is 9.73 Å². The zero-order valence-corrected chi connectivity index (χ0v) is 9.95. The van der Waals surface area contributed by atoms with Crippen molar-refractivity contribution in [1.29, 1.82) is 0 Å². The molecule has 1 heterocycles. The molecule has 0 unspecified atom stereocenters. The first-order valence-electron chi connectivity index (χ1n) is 5.13. The van der Waals surface area contributed by atoms with E-state index in [1.165, 1.54) is 36.6 Å². The van der Waals surface area contributed by atoms with E-state index in [-0.39, 0.29) is 5.69 Å². The molecule has 0 radical (unpaired) electrons. The highest BCUT2D eigenvalue weighted by molar-refractivity contribution is 6.30. The summed E-state index contributed by atoms with van der Waals surface area (Å²) in [6.45, 7) is 0. The predicted molar refractivity (Wildman–Crippen MR) is 67.8 cm³/mol. The van der Waals surface area contributed by atoms with Gasteiger partial charge in [-0.1, -0.05) is 11.6 Å². The van der Waals surface area contributed by atoms with Gasteiger partial charge >= 0.3 is 0 Å². The third kappa shape index (κ3) is 3.21. The van der Waals surface area contributed by atoms with Crippen LogP contribution >= 0.6 is 11.6 Å². The lowest BCUT2D eigenvalue weighted by Crippen LogP contribution is -2.09. The summed E-state index contributed by atoms with van der Waals surface area (Å²) in [4.78, 5) is 11.5. The molecule has 0 spiro atoms. The molecular weight excluding hydrogens is 257 g/mol. The van der Waals surface area contributed by atoms with Gasteiger partial charge in [0.05, 0.1) is 12.0 Å². The molecule has 5 heteroatoms. The minimum Gasteiger partial charge on any atom is -0.465 e. The van der Waals surface area contributed by atoms with Crippen LogP contribution in [0.25, 0.3) is 6.08 Å². The summed E-state index contributed by atoms with van der Waals surface area (Å²) in [5, 5.41) is 2.74. The van der Waals surface area contributed by atoms with Crippen LogP contribution in [0.3, 0.4) is 0 Å². The van der Waals surface area contributed by atoms with E-state index in [9.17, 15) is 9.18 Å². The van der Waals surface area contributed by atoms with Crippen molar-refractivity contribution in [3.63, 3.8) is 0 Å². The number of carbonyl (C=O) groups excluding carboxylic acids is 1. The van der Waals surface area contributed by atoms with E-state index in [4.69, 9.17) is 16.0 Å². The van der Waals surface area contributed by atoms with Crippen molar-refractivity contribution in [2.75, 3.05) is 5.32 Å². The van der Waals surface area contributed by atoms with E-state index in [0.717, 1.165) is 0 Å². The van der Waals surface area contributed by atoms with E-state index in [1.54, 1.807) is 12.1 Å². The molecule has 2 rings (SSSR count). The lowest BCUT2D eigenvalue weighted by atomic mass is 10.3. The first-order valence-corrected chi connectivity index (χ1v) is 5.50. The van der Waals surface area contributed by atoms with Gasteiger partial charge in [0.2, 0.25) is 5.91 Å². The summed E-state index contributed by atoms with van der Waals surface area (Å²) in [5.41, 5.74) is 0.0385. The van der Waals surface area contributed by atoms with Gasteiger partial charge in [-0.2, -0.15) is 0 Å². The van der Waals surface area contributed by atoms with Crippen molar-refractivity contribution in [1.82, 2.24) is 0 Å². The van der Waals surface area contributed by atoms with Crippen LogP contribution in [0.2, 0.25) is 5.02 Å². The van der Waals surface area contributed by atoms with Crippen molar-refractivity contribution in [2.45, 2.75) is 0 Å². The normalized spacial score (nSPS) is 10.8. The van der Waals surface area contributed by atoms with Crippen LogP contribution < -0.4 is 5.32 Å². The van der Waals surface area contributed by atoms with Crippen LogP contribution in [-0.4, -0.2) is 5.91 Å². The second-order valence-electron chi connectivity index (χ2n) is 3.46. The number of halogens is 2. The van der Waals surface area contributed by atoms with E-state index >= 15 is 0 Å². The van der Waals surface area contributed by atoms with Gasteiger partial charge in [-0.3, -0.25) is 4.79 Å². The highest BCUT2D eigenvalue weighted by atomic mass is 35.5. The molecule has 1 N–H and O–H groups in total. The van der Waals surface area contributed by atoms with E-state index < -0.39 is 11.7 Å². The molecule has 1 aromatic heterocycles. The van der Waals surface area contributed by atoms with Crippen LogP contribution in [0.4, 0.5) is 10.1 Å². The Kier molecular flexibility index (Phi) is 3.79. The number of hydrogen-bond acceptors (Lipinski definition) is 2. The Morgan fingerprint density at radius 3 is 2.94 bits per heavy atom. The number of carbonyl (C=O) groups is 1. The van der Waals surface area contributed by atoms with Crippen LogP contribution in [0.15, 0.2) is 47.1 Å². The highest BCUT2D eigenvalue weighted by Crippen LogP contribution is 2.19. The standard InChI is InChI=1S/C13H9ClFNO2/c14-9-3-5-11(15)12(8-9)16-13(17)6-4-10-2-1-7-18-10/h1-8H,(H,16,17)/b6-4+. The maximum absolute atomic E-state index is 13.3. The number of rotatable bonds is 3. The van der Waals surface area contributed by atoms with Crippen molar-refractivity contribution in [3.8, 4) is 0 Å². The number of benzene rings is 1. The van der Waals surface area contributed by atoms with Gasteiger partial charge in [-0.15, -0.1) is 0 Å². The fraction of sp³-hybridized carbons (Fsp3) is 0. The Labute approximate surface area is 108 Å². The average Bonchev–Trinajstić information content (AvgIpc) is 2.84. The smallest absolute Gasteiger partial charge is 0.248 e. The lowest BCUT2D eigenvalue weighted by Gasteiger charge is -2.03. The summed E-state index contributed by atoms with van der Waals surface area (Å²) in [6.07, 6.45) is 4.23. The topological polar surface area (TPSA) is 42.2 Å². The fourth-order valence-electron chi connectivity index (χ4n) is 1.31. The molecule has 0 fully saturated rings. The molecule has 0 aliphatic heterocycles. The summed E-state index contributed by atoms with van der Waals surface area (Å²) >= 11 is 5.71. The largest absolute Gasteiger partial charge is 0.465 e. The molecule has 92 valence electrons. The highest BCUT2D eigenvalue weighted by Gasteiger charge is 2.05. The Bertz CT molecular complexity index is 579. The maximum Gasteiger partial charge on any atom is 0.248 e. The number of furan rings is 1. The molecule has 1 amide bonds. The average molecular weight is 266 g/mol. The third-order valence-electron chi connectivity index (χ3n) is 2.13. The second kappa shape index (κ2) is 5.51. The van der Waals surface area contributed by atoms with Gasteiger partial charge in [-0.25, -0.2) is 4.39 Å². The van der Waals surface area contributed by atoms with Gasteiger partial charge in [0, 0.05) is 11.1 Å². The van der Waals surface area contributed by atoms with Gasteiger partial charge in [0.1, 0.15) is 11.6 Å². The van der Waals surface area contributed by atoms with E-state index in [1.807, 2.05) is 0 Å². The molecular formula is C13H9ClFNO2. The maximum atomic E-state index is 13.3. The van der Waals surface area contributed by atoms with E-state index in [0.29, 0.717) is 10.8 Å². The van der Waals surface area contributed by atoms with Crippen molar-refractivity contribution in [3.05, 3.63) is 59.3 Å². The zero-order chi connectivity index (χ0) is 13.0. The molecule has 0 aliphatic carbocycles. The molecule has 1 aromatic carbocycles. The summed E-state index contributed by atoms with van der Waals surface area (Å²) in [5.74, 6) is -0.469. The number of amides is 1. The van der Waals surface area contributed by atoms with Crippen LogP contribution in [0.5, 0.6) is 0 Å². The SMILES string of the molecule is O=C(/C=C/c1ccco1)Nc1cc(Cl)ccc1F. The molecule has 0 atom stereocenters. The molecule has 18 heavy (non-hydrogen) atoms. The molecule has 0 saturated carbocycles. The van der Waals surface area contributed by atoms with Gasteiger partial charge in [-0.05, 0) is 36.4 Å². The molecule has 0 aliphatic rings. The van der Waals surface area contributed by atoms with Gasteiger partial charge in [0.25, 0.3) is 0 Å². The van der Waals surface area contributed by atoms with Crippen molar-refractivity contribution in [2.24, 2.45) is 0 Å². The second-order valence-corrected chi connectivity index (χ2v) is 3.90. The quantitative estimate of drug-likeness (QED) is 0.860. The number of nitrogens with one attached hydrogen (secondary N) is 1. The molecule has 0 saturated heterocycles. The predicted octanol–water partition coefficient (Wildman–Crippen LogP) is 3.72. The first-order chi connectivity index (χ1) is 8.65. The van der Waals surface area contributed by atoms with E-state index in [2.05, 4.69) is 5.32 Å². The number of anilines is 1. The fourth-order valence-corrected chi connectivity index (χ4v) is 1.48. The third-order valence-corrected chi connectivity index (χ3v) is 2.36. The number of hydrogen-bond donors (Lipinski definition) is 1. The van der Waals surface area contributed by atoms with Crippen LogP contribution in [0.1, 0.15) is 5.76 Å². The first kappa shape index (κ1) is 12.4. The Morgan fingerprint density at radius 1 is 1.39 bits per heavy atom. The van der Waals surface area contributed by atoms with Crippen molar-refractivity contribution < 1.29 is 13.6 Å². The van der Waals surface area contributed by atoms with Crippen molar-refractivity contribution >= 4 is 29.3 Å². The minimum atomic E-state index is -0.542. The summed E-state index contributed by atoms with van der Waals surface area (Å²) < 4.78 is 18.3. The Balaban J connectivity index is 2.05. The van der Waals surface area contributed by atoms with Gasteiger partial charge in [0.15, 0.2) is 0 Å². The monoisotopic (exact) mass is 265 g/mol. The lowest BCUT2D eigenvalue weighted by molar-refractivity contribution is -0.111. The molecule has 2 aromatic rings. The summed E-state index contributed by atoms with van der Waals surface area (Å²) in [6, 6.07) is 7.34. The Hall–Kier alpha value is -2.07. The zero-order valence-electron chi connectivity index (χ0n) is 9.19.